The van der Waals surface area contributed by atoms with E-state index < -0.39 is 10.0 Å². The molecule has 1 aromatic rings. The van der Waals surface area contributed by atoms with E-state index in [1.165, 1.54) is 0 Å². The van der Waals surface area contributed by atoms with Crippen LogP contribution in [-0.2, 0) is 10.0 Å². The summed E-state index contributed by atoms with van der Waals surface area (Å²) in [7, 11) is -1.53. The van der Waals surface area contributed by atoms with Crippen molar-refractivity contribution in [3.05, 3.63) is 29.8 Å². The molecular weight excluding hydrogens is 272 g/mol. The lowest BCUT2D eigenvalue weighted by Crippen LogP contribution is -2.34. The van der Waals surface area contributed by atoms with Crippen LogP contribution in [0.5, 0.6) is 0 Å². The lowest BCUT2D eigenvalue weighted by molar-refractivity contribution is 0.512. The van der Waals surface area contributed by atoms with Crippen molar-refractivity contribution >= 4 is 10.0 Å². The van der Waals surface area contributed by atoms with Gasteiger partial charge in [-0.25, -0.2) is 13.1 Å². The van der Waals surface area contributed by atoms with Gasteiger partial charge in [0.15, 0.2) is 0 Å². The molecule has 0 aliphatic heterocycles. The summed E-state index contributed by atoms with van der Waals surface area (Å²) in [6.45, 7) is 6.10. The van der Waals surface area contributed by atoms with E-state index in [-0.39, 0.29) is 12.1 Å². The molecule has 114 valence electrons. The van der Waals surface area contributed by atoms with Gasteiger partial charge in [-0.1, -0.05) is 32.4 Å². The summed E-state index contributed by atoms with van der Waals surface area (Å²) < 4.78 is 27.4. The molecule has 2 N–H and O–H groups in total. The van der Waals surface area contributed by atoms with Crippen molar-refractivity contribution in [3.8, 4) is 0 Å². The first-order valence-corrected chi connectivity index (χ1v) is 8.72. The Bertz CT molecular complexity index is 497. The Morgan fingerprint density at radius 1 is 1.15 bits per heavy atom. The molecular formula is C15H26N2O2S. The molecule has 0 amide bonds. The zero-order valence-corrected chi connectivity index (χ0v) is 13.6. The van der Waals surface area contributed by atoms with Gasteiger partial charge < -0.3 is 5.32 Å². The summed E-state index contributed by atoms with van der Waals surface area (Å²) in [5.41, 5.74) is 1.08. The predicted octanol–water partition coefficient (Wildman–Crippen LogP) is 2.82. The molecule has 2 unspecified atom stereocenters. The van der Waals surface area contributed by atoms with E-state index in [9.17, 15) is 8.42 Å². The van der Waals surface area contributed by atoms with Crippen molar-refractivity contribution < 1.29 is 8.42 Å². The molecule has 0 aromatic heterocycles. The van der Waals surface area contributed by atoms with Gasteiger partial charge in [0.05, 0.1) is 4.90 Å². The van der Waals surface area contributed by atoms with E-state index >= 15 is 0 Å². The zero-order valence-electron chi connectivity index (χ0n) is 12.8. The Morgan fingerprint density at radius 2 is 1.75 bits per heavy atom. The van der Waals surface area contributed by atoms with Crippen molar-refractivity contribution in [2.45, 2.75) is 57.0 Å². The Balaban J connectivity index is 2.87. The van der Waals surface area contributed by atoms with Gasteiger partial charge in [0, 0.05) is 12.1 Å². The van der Waals surface area contributed by atoms with Crippen molar-refractivity contribution in [3.63, 3.8) is 0 Å². The number of rotatable bonds is 8. The van der Waals surface area contributed by atoms with Gasteiger partial charge in [0.2, 0.25) is 10.0 Å². The molecule has 0 aliphatic carbocycles. The Labute approximate surface area is 123 Å². The molecule has 0 heterocycles. The molecule has 20 heavy (non-hydrogen) atoms. The van der Waals surface area contributed by atoms with Crippen molar-refractivity contribution in [2.75, 3.05) is 7.05 Å². The van der Waals surface area contributed by atoms with E-state index in [4.69, 9.17) is 0 Å². The van der Waals surface area contributed by atoms with Gasteiger partial charge in [-0.15, -0.1) is 0 Å². The highest BCUT2D eigenvalue weighted by Gasteiger charge is 2.18. The second-order valence-corrected chi connectivity index (χ2v) is 6.81. The van der Waals surface area contributed by atoms with Gasteiger partial charge in [0.1, 0.15) is 0 Å². The minimum atomic E-state index is -3.41. The molecule has 0 saturated heterocycles. The molecule has 0 spiro atoms. The summed E-state index contributed by atoms with van der Waals surface area (Å²) in [4.78, 5) is 0.333. The Morgan fingerprint density at radius 3 is 2.20 bits per heavy atom. The van der Waals surface area contributed by atoms with Crippen LogP contribution in [0.3, 0.4) is 0 Å². The zero-order chi connectivity index (χ0) is 15.2. The molecule has 1 aromatic carbocycles. The third-order valence-electron chi connectivity index (χ3n) is 3.58. The summed E-state index contributed by atoms with van der Waals surface area (Å²) in [5.74, 6) is 0. The third-order valence-corrected chi connectivity index (χ3v) is 5.11. The number of hydrogen-bond acceptors (Lipinski definition) is 3. The molecule has 1 rings (SSSR count). The predicted molar refractivity (Wildman–Crippen MR) is 83.2 cm³/mol. The van der Waals surface area contributed by atoms with Gasteiger partial charge in [-0.3, -0.25) is 0 Å². The van der Waals surface area contributed by atoms with E-state index in [0.717, 1.165) is 24.8 Å². The first-order valence-electron chi connectivity index (χ1n) is 7.24. The van der Waals surface area contributed by atoms with Crippen LogP contribution in [0.4, 0.5) is 0 Å². The van der Waals surface area contributed by atoms with Crippen molar-refractivity contribution in [1.29, 1.82) is 0 Å². The second-order valence-electron chi connectivity index (χ2n) is 5.09. The van der Waals surface area contributed by atoms with Crippen molar-refractivity contribution in [2.24, 2.45) is 0 Å². The van der Waals surface area contributed by atoms with Crippen LogP contribution in [-0.4, -0.2) is 21.5 Å². The summed E-state index contributed by atoms with van der Waals surface area (Å²) in [5, 5.41) is 3.13. The Kier molecular flexibility index (Phi) is 6.65. The van der Waals surface area contributed by atoms with Gasteiger partial charge in [-0.2, -0.15) is 0 Å². The maximum atomic E-state index is 12.3. The minimum Gasteiger partial charge on any atom is -0.313 e. The standard InChI is InChI=1S/C15H26N2O2S/c1-5-7-14(6-2)17-20(18,19)15-10-8-13(9-11-15)12(3)16-4/h8-12,14,16-17H,5-7H2,1-4H3. The van der Waals surface area contributed by atoms with Gasteiger partial charge in [0.25, 0.3) is 0 Å². The molecule has 0 radical (unpaired) electrons. The van der Waals surface area contributed by atoms with Crippen LogP contribution >= 0.6 is 0 Å². The van der Waals surface area contributed by atoms with Gasteiger partial charge in [-0.05, 0) is 44.5 Å². The largest absolute Gasteiger partial charge is 0.313 e. The quantitative estimate of drug-likeness (QED) is 0.776. The molecule has 5 heteroatoms. The number of nitrogens with one attached hydrogen (secondary N) is 2. The monoisotopic (exact) mass is 298 g/mol. The lowest BCUT2D eigenvalue weighted by Gasteiger charge is -2.17. The molecule has 2 atom stereocenters. The maximum absolute atomic E-state index is 12.3. The topological polar surface area (TPSA) is 58.2 Å². The van der Waals surface area contributed by atoms with Crippen LogP contribution in [0.15, 0.2) is 29.2 Å². The highest BCUT2D eigenvalue weighted by molar-refractivity contribution is 7.89. The molecule has 0 fully saturated rings. The molecule has 0 bridgehead atoms. The summed E-state index contributed by atoms with van der Waals surface area (Å²) >= 11 is 0. The number of benzene rings is 1. The summed E-state index contributed by atoms with van der Waals surface area (Å²) in [6.07, 6.45) is 2.65. The fraction of sp³-hybridized carbons (Fsp3) is 0.600. The van der Waals surface area contributed by atoms with Crippen LogP contribution in [0.2, 0.25) is 0 Å². The van der Waals surface area contributed by atoms with Crippen LogP contribution in [0.25, 0.3) is 0 Å². The van der Waals surface area contributed by atoms with E-state index in [0.29, 0.717) is 4.90 Å². The third kappa shape index (κ3) is 4.58. The van der Waals surface area contributed by atoms with Crippen LogP contribution in [0, 0.1) is 0 Å². The van der Waals surface area contributed by atoms with Gasteiger partial charge >= 0.3 is 0 Å². The molecule has 0 aliphatic rings. The first-order chi connectivity index (χ1) is 9.44. The highest BCUT2D eigenvalue weighted by Crippen LogP contribution is 2.17. The fourth-order valence-electron chi connectivity index (χ4n) is 2.08. The average molecular weight is 298 g/mol. The molecule has 4 nitrogen and oxygen atoms in total. The van der Waals surface area contributed by atoms with E-state index in [1.54, 1.807) is 12.1 Å². The SMILES string of the molecule is CCCC(CC)NS(=O)(=O)c1ccc(C(C)NC)cc1. The lowest BCUT2D eigenvalue weighted by atomic mass is 10.1. The minimum absolute atomic E-state index is 0.0147. The van der Waals surface area contributed by atoms with Crippen LogP contribution < -0.4 is 10.0 Å². The second kappa shape index (κ2) is 7.76. The number of hydrogen-bond donors (Lipinski definition) is 2. The number of sulfonamides is 1. The summed E-state index contributed by atoms with van der Waals surface area (Å²) in [6, 6.07) is 7.28. The van der Waals surface area contributed by atoms with Crippen LogP contribution in [0.1, 0.15) is 51.6 Å². The smallest absolute Gasteiger partial charge is 0.240 e. The fourth-order valence-corrected chi connectivity index (χ4v) is 3.44. The van der Waals surface area contributed by atoms with E-state index in [2.05, 4.69) is 17.0 Å². The Hall–Kier alpha value is -0.910. The molecule has 0 saturated carbocycles. The first kappa shape index (κ1) is 17.1. The maximum Gasteiger partial charge on any atom is 0.240 e. The highest BCUT2D eigenvalue weighted by atomic mass is 32.2. The average Bonchev–Trinajstić information content (AvgIpc) is 2.45. The normalized spacial score (nSPS) is 15.0. The van der Waals surface area contributed by atoms with E-state index in [1.807, 2.05) is 33.0 Å². The van der Waals surface area contributed by atoms with Crippen molar-refractivity contribution in [1.82, 2.24) is 10.0 Å².